The van der Waals surface area contributed by atoms with E-state index in [0.29, 0.717) is 13.0 Å². The highest BCUT2D eigenvalue weighted by atomic mass is 16.5. The molecule has 1 atom stereocenters. The quantitative estimate of drug-likeness (QED) is 0.807. The summed E-state index contributed by atoms with van der Waals surface area (Å²) < 4.78 is 5.16. The second kappa shape index (κ2) is 8.18. The molecule has 2 amide bonds. The fourth-order valence-electron chi connectivity index (χ4n) is 3.36. The number of nitrogens with one attached hydrogen (secondary N) is 2. The summed E-state index contributed by atoms with van der Waals surface area (Å²) in [6.45, 7) is 4.50. The lowest BCUT2D eigenvalue weighted by Gasteiger charge is -2.29. The van der Waals surface area contributed by atoms with E-state index in [4.69, 9.17) is 4.74 Å². The molecule has 0 saturated heterocycles. The molecule has 2 N–H and O–H groups in total. The summed E-state index contributed by atoms with van der Waals surface area (Å²) in [5.74, 6) is 0.777. The van der Waals surface area contributed by atoms with E-state index < -0.39 is 5.54 Å². The van der Waals surface area contributed by atoms with Gasteiger partial charge in [-0.15, -0.1) is 0 Å². The van der Waals surface area contributed by atoms with Crippen molar-refractivity contribution in [3.8, 4) is 5.75 Å². The highest BCUT2D eigenvalue weighted by Gasteiger charge is 2.42. The Balaban J connectivity index is 1.98. The number of hydrogen-bond donors (Lipinski definition) is 2. The van der Waals surface area contributed by atoms with Gasteiger partial charge in [-0.25, -0.2) is 0 Å². The van der Waals surface area contributed by atoms with Gasteiger partial charge in [0.25, 0.3) is 0 Å². The van der Waals surface area contributed by atoms with Crippen LogP contribution in [0.15, 0.2) is 24.3 Å². The van der Waals surface area contributed by atoms with Crippen LogP contribution in [-0.4, -0.2) is 31.0 Å². The number of amides is 2. The third-order valence-electron chi connectivity index (χ3n) is 4.78. The van der Waals surface area contributed by atoms with E-state index in [-0.39, 0.29) is 17.7 Å². The molecule has 1 unspecified atom stereocenters. The Labute approximate surface area is 144 Å². The van der Waals surface area contributed by atoms with Gasteiger partial charge in [0.1, 0.15) is 11.3 Å². The van der Waals surface area contributed by atoms with Crippen LogP contribution in [0.1, 0.15) is 57.4 Å². The normalized spacial score (nSPS) is 17.1. The van der Waals surface area contributed by atoms with E-state index in [1.54, 1.807) is 7.11 Å². The number of likely N-dealkylation sites (N-methyl/N-ethyl adjacent to an activating group) is 1. The lowest BCUT2D eigenvalue weighted by atomic mass is 9.93. The molecule has 5 nitrogen and oxygen atoms in total. The minimum atomic E-state index is -0.716. The molecule has 0 aromatic heterocycles. The molecule has 2 rings (SSSR count). The Morgan fingerprint density at radius 3 is 2.38 bits per heavy atom. The van der Waals surface area contributed by atoms with Gasteiger partial charge >= 0.3 is 0 Å². The van der Waals surface area contributed by atoms with Crippen LogP contribution >= 0.6 is 0 Å². The minimum absolute atomic E-state index is 0.0482. The Bertz CT molecular complexity index is 562. The smallest absolute Gasteiger partial charge is 0.245 e. The Kier molecular flexibility index (Phi) is 6.23. The molecule has 1 fully saturated rings. The minimum Gasteiger partial charge on any atom is -0.497 e. The number of ether oxygens (including phenoxy) is 1. The first-order chi connectivity index (χ1) is 11.5. The first-order valence-corrected chi connectivity index (χ1v) is 8.74. The van der Waals surface area contributed by atoms with E-state index in [2.05, 4.69) is 10.6 Å². The van der Waals surface area contributed by atoms with Crippen molar-refractivity contribution >= 4 is 11.8 Å². The van der Waals surface area contributed by atoms with Crippen LogP contribution in [0.3, 0.4) is 0 Å². The van der Waals surface area contributed by atoms with E-state index in [1.807, 2.05) is 38.1 Å². The molecule has 1 saturated carbocycles. The Morgan fingerprint density at radius 2 is 1.83 bits per heavy atom. The van der Waals surface area contributed by atoms with Crippen LogP contribution < -0.4 is 15.4 Å². The SMILES string of the molecule is CCNC(=O)C1(NC(=O)CC(C)c2ccc(OC)cc2)CCCC1. The molecule has 1 aromatic carbocycles. The van der Waals surface area contributed by atoms with Crippen LogP contribution in [0, 0.1) is 0 Å². The van der Waals surface area contributed by atoms with E-state index in [0.717, 1.165) is 37.0 Å². The van der Waals surface area contributed by atoms with Gasteiger partial charge in [-0.05, 0) is 43.4 Å². The molecule has 1 aromatic rings. The Hall–Kier alpha value is -2.04. The van der Waals surface area contributed by atoms with Gasteiger partial charge in [0.05, 0.1) is 7.11 Å². The zero-order chi connectivity index (χ0) is 17.6. The fourth-order valence-corrected chi connectivity index (χ4v) is 3.36. The van der Waals surface area contributed by atoms with Crippen LogP contribution in [0.4, 0.5) is 0 Å². The standard InChI is InChI=1S/C19H28N2O3/c1-4-20-18(23)19(11-5-6-12-19)21-17(22)13-14(2)15-7-9-16(24-3)10-8-15/h7-10,14H,4-6,11-13H2,1-3H3,(H,20,23)(H,21,22). The summed E-state index contributed by atoms with van der Waals surface area (Å²) in [6, 6.07) is 7.76. The van der Waals surface area contributed by atoms with Gasteiger partial charge in [-0.3, -0.25) is 9.59 Å². The number of rotatable bonds is 7. The van der Waals surface area contributed by atoms with Crippen molar-refractivity contribution < 1.29 is 14.3 Å². The van der Waals surface area contributed by atoms with E-state index >= 15 is 0 Å². The average Bonchev–Trinajstić information content (AvgIpc) is 3.04. The predicted octanol–water partition coefficient (Wildman–Crippen LogP) is 2.75. The maximum Gasteiger partial charge on any atom is 0.245 e. The summed E-state index contributed by atoms with van der Waals surface area (Å²) in [4.78, 5) is 24.9. The van der Waals surface area contributed by atoms with Crippen molar-refractivity contribution in [2.24, 2.45) is 0 Å². The van der Waals surface area contributed by atoms with Crippen molar-refractivity contribution in [2.45, 2.75) is 57.4 Å². The van der Waals surface area contributed by atoms with Crippen molar-refractivity contribution in [1.82, 2.24) is 10.6 Å². The lowest BCUT2D eigenvalue weighted by molar-refractivity contribution is -0.133. The molecule has 5 heteroatoms. The fraction of sp³-hybridized carbons (Fsp3) is 0.579. The molecule has 0 spiro atoms. The van der Waals surface area contributed by atoms with Crippen molar-refractivity contribution in [2.75, 3.05) is 13.7 Å². The number of methoxy groups -OCH3 is 1. The molecule has 0 radical (unpaired) electrons. The maximum absolute atomic E-state index is 12.5. The molecule has 0 heterocycles. The second-order valence-electron chi connectivity index (χ2n) is 6.58. The monoisotopic (exact) mass is 332 g/mol. The molecule has 1 aliphatic rings. The van der Waals surface area contributed by atoms with Crippen LogP contribution in [-0.2, 0) is 9.59 Å². The van der Waals surface area contributed by atoms with Crippen LogP contribution in [0.25, 0.3) is 0 Å². The molecule has 132 valence electrons. The number of carbonyl (C=O) groups excluding carboxylic acids is 2. The second-order valence-corrected chi connectivity index (χ2v) is 6.58. The number of carbonyl (C=O) groups is 2. The Morgan fingerprint density at radius 1 is 1.21 bits per heavy atom. The topological polar surface area (TPSA) is 67.4 Å². The summed E-state index contributed by atoms with van der Waals surface area (Å²) >= 11 is 0. The molecular formula is C19H28N2O3. The lowest BCUT2D eigenvalue weighted by Crippen LogP contribution is -2.57. The summed E-state index contributed by atoms with van der Waals surface area (Å²) in [6.07, 6.45) is 3.77. The van der Waals surface area contributed by atoms with Crippen LogP contribution in [0.2, 0.25) is 0 Å². The van der Waals surface area contributed by atoms with Crippen LogP contribution in [0.5, 0.6) is 5.75 Å². The van der Waals surface area contributed by atoms with Gasteiger partial charge in [0, 0.05) is 13.0 Å². The zero-order valence-electron chi connectivity index (χ0n) is 14.9. The van der Waals surface area contributed by atoms with Gasteiger partial charge in [0.15, 0.2) is 0 Å². The first-order valence-electron chi connectivity index (χ1n) is 8.74. The predicted molar refractivity (Wildman–Crippen MR) is 94.1 cm³/mol. The highest BCUT2D eigenvalue weighted by molar-refractivity contribution is 5.92. The average molecular weight is 332 g/mol. The number of hydrogen-bond acceptors (Lipinski definition) is 3. The third-order valence-corrected chi connectivity index (χ3v) is 4.78. The largest absolute Gasteiger partial charge is 0.497 e. The van der Waals surface area contributed by atoms with E-state index in [1.165, 1.54) is 0 Å². The molecular weight excluding hydrogens is 304 g/mol. The summed E-state index contributed by atoms with van der Waals surface area (Å²) in [7, 11) is 1.63. The first kappa shape index (κ1) is 18.3. The van der Waals surface area contributed by atoms with Crippen molar-refractivity contribution in [1.29, 1.82) is 0 Å². The molecule has 0 bridgehead atoms. The van der Waals surface area contributed by atoms with Gasteiger partial charge in [-0.2, -0.15) is 0 Å². The van der Waals surface area contributed by atoms with E-state index in [9.17, 15) is 9.59 Å². The highest BCUT2D eigenvalue weighted by Crippen LogP contribution is 2.31. The van der Waals surface area contributed by atoms with Gasteiger partial charge < -0.3 is 15.4 Å². The van der Waals surface area contributed by atoms with Crippen molar-refractivity contribution in [3.63, 3.8) is 0 Å². The zero-order valence-corrected chi connectivity index (χ0v) is 14.9. The molecule has 1 aliphatic carbocycles. The summed E-state index contributed by atoms with van der Waals surface area (Å²) in [5, 5.41) is 5.89. The summed E-state index contributed by atoms with van der Waals surface area (Å²) in [5.41, 5.74) is 0.372. The molecule has 24 heavy (non-hydrogen) atoms. The molecule has 0 aliphatic heterocycles. The third kappa shape index (κ3) is 4.28. The van der Waals surface area contributed by atoms with Crippen molar-refractivity contribution in [3.05, 3.63) is 29.8 Å². The maximum atomic E-state index is 12.5. The number of benzene rings is 1. The van der Waals surface area contributed by atoms with Gasteiger partial charge in [0.2, 0.25) is 11.8 Å². The van der Waals surface area contributed by atoms with Gasteiger partial charge in [-0.1, -0.05) is 31.9 Å².